The summed E-state index contributed by atoms with van der Waals surface area (Å²) in [4.78, 5) is 11.6. The summed E-state index contributed by atoms with van der Waals surface area (Å²) in [7, 11) is 0. The van der Waals surface area contributed by atoms with E-state index < -0.39 is 18.1 Å². The average Bonchev–Trinajstić information content (AvgIpc) is 2.23. The molecule has 0 radical (unpaired) electrons. The third-order valence-corrected chi connectivity index (χ3v) is 3.23. The van der Waals surface area contributed by atoms with Crippen molar-refractivity contribution in [1.82, 2.24) is 10.6 Å². The molecule has 0 heterocycles. The van der Waals surface area contributed by atoms with Gasteiger partial charge in [0.15, 0.2) is 0 Å². The Morgan fingerprint density at radius 3 is 2.26 bits per heavy atom. The Morgan fingerprint density at radius 1 is 1.16 bits per heavy atom. The molecule has 1 aliphatic rings. The van der Waals surface area contributed by atoms with Gasteiger partial charge in [0.25, 0.3) is 0 Å². The molecule has 1 amide bonds. The molecule has 0 aromatic heterocycles. The molecule has 2 unspecified atom stereocenters. The smallest absolute Gasteiger partial charge is 0.350 e. The van der Waals surface area contributed by atoms with Crippen molar-refractivity contribution in [3.8, 4) is 0 Å². The number of amides is 1. The standard InChI is InChI=1S/C13H23F3N2O/c1-12(2,3)18-11(19)8-17-10-7-5-4-6-9(10)13(14,15)16/h9-10,17H,4-8H2,1-3H3,(H,18,19). The van der Waals surface area contributed by atoms with E-state index in [0.717, 1.165) is 6.42 Å². The highest BCUT2D eigenvalue weighted by Gasteiger charge is 2.45. The van der Waals surface area contributed by atoms with Gasteiger partial charge in [-0.15, -0.1) is 0 Å². The summed E-state index contributed by atoms with van der Waals surface area (Å²) < 4.78 is 38.5. The van der Waals surface area contributed by atoms with Gasteiger partial charge in [-0.1, -0.05) is 12.8 Å². The van der Waals surface area contributed by atoms with Crippen molar-refractivity contribution < 1.29 is 18.0 Å². The van der Waals surface area contributed by atoms with E-state index in [4.69, 9.17) is 0 Å². The van der Waals surface area contributed by atoms with Crippen molar-refractivity contribution in [2.45, 2.75) is 64.2 Å². The van der Waals surface area contributed by atoms with E-state index in [0.29, 0.717) is 12.8 Å². The number of carbonyl (C=O) groups excluding carboxylic acids is 1. The Kier molecular flexibility index (Phi) is 5.24. The van der Waals surface area contributed by atoms with Gasteiger partial charge in [0.1, 0.15) is 0 Å². The molecule has 19 heavy (non-hydrogen) atoms. The minimum absolute atomic E-state index is 0.0610. The molecule has 0 aromatic carbocycles. The maximum atomic E-state index is 12.8. The second-order valence-corrected chi connectivity index (χ2v) is 6.22. The fourth-order valence-corrected chi connectivity index (χ4v) is 2.45. The van der Waals surface area contributed by atoms with Gasteiger partial charge in [-0.2, -0.15) is 13.2 Å². The van der Waals surface area contributed by atoms with Crippen LogP contribution in [-0.2, 0) is 4.79 Å². The second kappa shape index (κ2) is 6.11. The van der Waals surface area contributed by atoms with Crippen LogP contribution in [0.25, 0.3) is 0 Å². The van der Waals surface area contributed by atoms with Gasteiger partial charge in [-0.05, 0) is 33.6 Å². The van der Waals surface area contributed by atoms with Crippen molar-refractivity contribution in [3.63, 3.8) is 0 Å². The van der Waals surface area contributed by atoms with Crippen LogP contribution < -0.4 is 10.6 Å². The second-order valence-electron chi connectivity index (χ2n) is 6.22. The molecular weight excluding hydrogens is 257 g/mol. The van der Waals surface area contributed by atoms with Crippen LogP contribution >= 0.6 is 0 Å². The lowest BCUT2D eigenvalue weighted by Crippen LogP contribution is -2.50. The number of rotatable bonds is 3. The molecule has 0 bridgehead atoms. The first kappa shape index (κ1) is 16.3. The zero-order chi connectivity index (χ0) is 14.7. The van der Waals surface area contributed by atoms with Gasteiger partial charge in [-0.3, -0.25) is 4.79 Å². The third-order valence-electron chi connectivity index (χ3n) is 3.23. The van der Waals surface area contributed by atoms with Crippen LogP contribution in [0.15, 0.2) is 0 Å². The highest BCUT2D eigenvalue weighted by atomic mass is 19.4. The van der Waals surface area contributed by atoms with Crippen molar-refractivity contribution in [2.24, 2.45) is 5.92 Å². The van der Waals surface area contributed by atoms with E-state index >= 15 is 0 Å². The Balaban J connectivity index is 2.48. The fraction of sp³-hybridized carbons (Fsp3) is 0.923. The van der Waals surface area contributed by atoms with Gasteiger partial charge in [0.05, 0.1) is 12.5 Å². The summed E-state index contributed by atoms with van der Waals surface area (Å²) in [6.45, 7) is 5.45. The molecule has 112 valence electrons. The van der Waals surface area contributed by atoms with Gasteiger partial charge >= 0.3 is 6.18 Å². The Hall–Kier alpha value is -0.780. The fourth-order valence-electron chi connectivity index (χ4n) is 2.45. The third kappa shape index (κ3) is 5.80. The zero-order valence-corrected chi connectivity index (χ0v) is 11.7. The minimum Gasteiger partial charge on any atom is -0.350 e. The SMILES string of the molecule is CC(C)(C)NC(=O)CNC1CCCCC1C(F)(F)F. The molecule has 2 N–H and O–H groups in total. The van der Waals surface area contributed by atoms with Crippen LogP contribution in [0, 0.1) is 5.92 Å². The van der Waals surface area contributed by atoms with E-state index in [1.807, 2.05) is 20.8 Å². The predicted molar refractivity (Wildman–Crippen MR) is 67.7 cm³/mol. The summed E-state index contributed by atoms with van der Waals surface area (Å²) >= 11 is 0. The predicted octanol–water partition coefficient (Wildman–Crippen LogP) is 2.61. The molecule has 3 nitrogen and oxygen atoms in total. The van der Waals surface area contributed by atoms with E-state index in [2.05, 4.69) is 10.6 Å². The van der Waals surface area contributed by atoms with Crippen LogP contribution in [0.3, 0.4) is 0 Å². The van der Waals surface area contributed by atoms with E-state index in [9.17, 15) is 18.0 Å². The number of hydrogen-bond acceptors (Lipinski definition) is 2. The molecule has 1 saturated carbocycles. The first-order chi connectivity index (χ1) is 8.59. The molecule has 0 saturated heterocycles. The molecule has 1 rings (SSSR count). The van der Waals surface area contributed by atoms with Crippen molar-refractivity contribution >= 4 is 5.91 Å². The summed E-state index contributed by atoms with van der Waals surface area (Å²) in [5.74, 6) is -1.59. The number of carbonyl (C=O) groups is 1. The molecule has 0 spiro atoms. The highest BCUT2D eigenvalue weighted by molar-refractivity contribution is 5.78. The first-order valence-electron chi connectivity index (χ1n) is 6.71. The quantitative estimate of drug-likeness (QED) is 0.834. The molecule has 6 heteroatoms. The Labute approximate surface area is 112 Å². The van der Waals surface area contributed by atoms with Gasteiger partial charge in [0, 0.05) is 11.6 Å². The van der Waals surface area contributed by atoms with Crippen molar-refractivity contribution in [2.75, 3.05) is 6.54 Å². The van der Waals surface area contributed by atoms with Crippen molar-refractivity contribution in [3.05, 3.63) is 0 Å². The number of nitrogens with one attached hydrogen (secondary N) is 2. The lowest BCUT2D eigenvalue weighted by atomic mass is 9.84. The molecule has 1 fully saturated rings. The summed E-state index contributed by atoms with van der Waals surface area (Å²) in [6.07, 6.45) is -2.16. The number of alkyl halides is 3. The van der Waals surface area contributed by atoms with Crippen LogP contribution in [0.2, 0.25) is 0 Å². The maximum Gasteiger partial charge on any atom is 0.393 e. The summed E-state index contributed by atoms with van der Waals surface area (Å²) in [6, 6.07) is -0.639. The summed E-state index contributed by atoms with van der Waals surface area (Å²) in [5.41, 5.74) is -0.366. The first-order valence-corrected chi connectivity index (χ1v) is 6.71. The van der Waals surface area contributed by atoms with Gasteiger partial charge in [-0.25, -0.2) is 0 Å². The van der Waals surface area contributed by atoms with Crippen LogP contribution in [0.1, 0.15) is 46.5 Å². The lowest BCUT2D eigenvalue weighted by Gasteiger charge is -2.33. The molecule has 0 aliphatic heterocycles. The largest absolute Gasteiger partial charge is 0.393 e. The van der Waals surface area contributed by atoms with Gasteiger partial charge < -0.3 is 10.6 Å². The molecule has 0 aromatic rings. The van der Waals surface area contributed by atoms with Crippen LogP contribution in [0.4, 0.5) is 13.2 Å². The topological polar surface area (TPSA) is 41.1 Å². The summed E-state index contributed by atoms with van der Waals surface area (Å²) in [5, 5.41) is 5.50. The van der Waals surface area contributed by atoms with Crippen molar-refractivity contribution in [1.29, 1.82) is 0 Å². The van der Waals surface area contributed by atoms with Crippen LogP contribution in [0.5, 0.6) is 0 Å². The minimum atomic E-state index is -4.18. The lowest BCUT2D eigenvalue weighted by molar-refractivity contribution is -0.189. The normalized spacial score (nSPS) is 25.2. The van der Waals surface area contributed by atoms with E-state index in [1.54, 1.807) is 0 Å². The highest BCUT2D eigenvalue weighted by Crippen LogP contribution is 2.37. The van der Waals surface area contributed by atoms with E-state index in [-0.39, 0.29) is 24.4 Å². The molecular formula is C13H23F3N2O. The number of hydrogen-bond donors (Lipinski definition) is 2. The average molecular weight is 280 g/mol. The maximum absolute atomic E-state index is 12.8. The Morgan fingerprint density at radius 2 is 1.74 bits per heavy atom. The molecule has 1 aliphatic carbocycles. The Bertz CT molecular complexity index is 310. The van der Waals surface area contributed by atoms with Gasteiger partial charge in [0.2, 0.25) is 5.91 Å². The monoisotopic (exact) mass is 280 g/mol. The molecule has 2 atom stereocenters. The number of halogens is 3. The van der Waals surface area contributed by atoms with Crippen LogP contribution in [-0.4, -0.2) is 30.2 Å². The zero-order valence-electron chi connectivity index (χ0n) is 11.7. The van der Waals surface area contributed by atoms with E-state index in [1.165, 1.54) is 0 Å².